The molecule has 116 valence electrons. The lowest BCUT2D eigenvalue weighted by Gasteiger charge is -2.39. The summed E-state index contributed by atoms with van der Waals surface area (Å²) in [4.78, 5) is 13.7. The van der Waals surface area contributed by atoms with Gasteiger partial charge in [0.1, 0.15) is 17.0 Å². The number of likely N-dealkylation sites (tertiary alicyclic amines) is 1. The van der Waals surface area contributed by atoms with Crippen molar-refractivity contribution in [3.8, 4) is 5.75 Å². The highest BCUT2D eigenvalue weighted by molar-refractivity contribution is 5.68. The Bertz CT molecular complexity index is 523. The van der Waals surface area contributed by atoms with Crippen molar-refractivity contribution >= 4 is 6.09 Å². The average Bonchev–Trinajstić information content (AvgIpc) is 2.37. The highest BCUT2D eigenvalue weighted by Gasteiger charge is 2.38. The van der Waals surface area contributed by atoms with Crippen LogP contribution in [0.25, 0.3) is 0 Å². The lowest BCUT2D eigenvalue weighted by molar-refractivity contribution is -0.0466. The Labute approximate surface area is 125 Å². The van der Waals surface area contributed by atoms with Gasteiger partial charge in [-0.15, -0.1) is 0 Å². The van der Waals surface area contributed by atoms with E-state index in [1.54, 1.807) is 24.3 Å². The van der Waals surface area contributed by atoms with Gasteiger partial charge < -0.3 is 19.8 Å². The predicted molar refractivity (Wildman–Crippen MR) is 79.0 cm³/mol. The number of β-amino-alcohol motifs (C(OH)–C–C–N with tert-alkyl or cyclic N) is 1. The second kappa shape index (κ2) is 5.56. The maximum atomic E-state index is 12.1. The van der Waals surface area contributed by atoms with Crippen molar-refractivity contribution in [1.29, 1.82) is 0 Å². The molecule has 1 saturated heterocycles. The van der Waals surface area contributed by atoms with Gasteiger partial charge in [0.05, 0.1) is 6.54 Å². The number of hydrogen-bond acceptors (Lipinski definition) is 4. The first-order valence-electron chi connectivity index (χ1n) is 7.19. The highest BCUT2D eigenvalue weighted by atomic mass is 16.6. The number of phenolic OH excluding ortho intramolecular Hbond substituents is 1. The zero-order valence-electron chi connectivity index (χ0n) is 12.8. The van der Waals surface area contributed by atoms with Crippen molar-refractivity contribution < 1.29 is 19.7 Å². The quantitative estimate of drug-likeness (QED) is 0.835. The number of carbonyl (C=O) groups excluding carboxylic acids is 1. The number of hydrogen-bond donors (Lipinski definition) is 2. The number of rotatable bonds is 1. The van der Waals surface area contributed by atoms with Crippen molar-refractivity contribution in [3.05, 3.63) is 29.8 Å². The van der Waals surface area contributed by atoms with Crippen LogP contribution in [0.5, 0.6) is 5.75 Å². The Kier molecular flexibility index (Phi) is 4.14. The van der Waals surface area contributed by atoms with Gasteiger partial charge >= 0.3 is 6.09 Å². The lowest BCUT2D eigenvalue weighted by Crippen LogP contribution is -2.49. The second-order valence-electron chi connectivity index (χ2n) is 6.59. The van der Waals surface area contributed by atoms with Gasteiger partial charge in [0.2, 0.25) is 0 Å². The minimum Gasteiger partial charge on any atom is -0.508 e. The molecule has 1 atom stereocenters. The maximum Gasteiger partial charge on any atom is 0.410 e. The Morgan fingerprint density at radius 1 is 1.38 bits per heavy atom. The van der Waals surface area contributed by atoms with Crippen LogP contribution in [0.4, 0.5) is 4.79 Å². The molecule has 2 N–H and O–H groups in total. The molecule has 0 aromatic heterocycles. The molecule has 0 spiro atoms. The fourth-order valence-corrected chi connectivity index (χ4v) is 2.55. The van der Waals surface area contributed by atoms with Gasteiger partial charge in [-0.3, -0.25) is 0 Å². The van der Waals surface area contributed by atoms with E-state index in [-0.39, 0.29) is 12.3 Å². The van der Waals surface area contributed by atoms with E-state index >= 15 is 0 Å². The van der Waals surface area contributed by atoms with E-state index in [0.29, 0.717) is 24.9 Å². The first-order chi connectivity index (χ1) is 9.70. The zero-order valence-corrected chi connectivity index (χ0v) is 12.8. The van der Waals surface area contributed by atoms with E-state index < -0.39 is 17.3 Å². The van der Waals surface area contributed by atoms with E-state index in [9.17, 15) is 15.0 Å². The molecule has 5 nitrogen and oxygen atoms in total. The zero-order chi connectivity index (χ0) is 15.7. The molecule has 1 aromatic carbocycles. The number of benzene rings is 1. The molecule has 0 aliphatic carbocycles. The number of carbonyl (C=O) groups is 1. The molecule has 0 saturated carbocycles. The Morgan fingerprint density at radius 2 is 2.10 bits per heavy atom. The van der Waals surface area contributed by atoms with Crippen LogP contribution in [0.2, 0.25) is 0 Å². The molecule has 0 radical (unpaired) electrons. The van der Waals surface area contributed by atoms with E-state index in [2.05, 4.69) is 0 Å². The summed E-state index contributed by atoms with van der Waals surface area (Å²) in [7, 11) is 0. The number of aliphatic hydroxyl groups is 1. The van der Waals surface area contributed by atoms with Gasteiger partial charge in [-0.2, -0.15) is 0 Å². The van der Waals surface area contributed by atoms with Crippen LogP contribution in [0.3, 0.4) is 0 Å². The molecule has 1 heterocycles. The van der Waals surface area contributed by atoms with Crippen LogP contribution in [-0.4, -0.2) is 39.9 Å². The summed E-state index contributed by atoms with van der Waals surface area (Å²) >= 11 is 0. The van der Waals surface area contributed by atoms with Crippen LogP contribution in [0, 0.1) is 0 Å². The van der Waals surface area contributed by atoms with Gasteiger partial charge in [0.15, 0.2) is 0 Å². The fraction of sp³-hybridized carbons (Fsp3) is 0.562. The Hall–Kier alpha value is -1.75. The Morgan fingerprint density at radius 3 is 2.71 bits per heavy atom. The van der Waals surface area contributed by atoms with Crippen LogP contribution in [0.15, 0.2) is 24.3 Å². The number of ether oxygens (including phenoxy) is 1. The van der Waals surface area contributed by atoms with Crippen LogP contribution >= 0.6 is 0 Å². The monoisotopic (exact) mass is 293 g/mol. The Balaban J connectivity index is 2.15. The first kappa shape index (κ1) is 15.6. The largest absolute Gasteiger partial charge is 0.508 e. The number of aromatic hydroxyl groups is 1. The topological polar surface area (TPSA) is 70.0 Å². The smallest absolute Gasteiger partial charge is 0.410 e. The molecule has 0 bridgehead atoms. The number of phenols is 1. The maximum absolute atomic E-state index is 12.1. The van der Waals surface area contributed by atoms with E-state index in [1.807, 2.05) is 20.8 Å². The van der Waals surface area contributed by atoms with Gasteiger partial charge in [0, 0.05) is 6.54 Å². The summed E-state index contributed by atoms with van der Waals surface area (Å²) in [6.07, 6.45) is 0.821. The summed E-state index contributed by atoms with van der Waals surface area (Å²) in [5, 5.41) is 20.4. The van der Waals surface area contributed by atoms with Crippen LogP contribution in [0.1, 0.15) is 39.2 Å². The lowest BCUT2D eigenvalue weighted by atomic mass is 9.86. The summed E-state index contributed by atoms with van der Waals surface area (Å²) in [6, 6.07) is 6.55. The predicted octanol–water partition coefficient (Wildman–Crippen LogP) is 2.61. The van der Waals surface area contributed by atoms with Crippen molar-refractivity contribution in [1.82, 2.24) is 4.90 Å². The standard InChI is InChI=1S/C16H23NO4/c1-15(2,3)21-14(19)17-9-5-8-16(20,11-17)12-6-4-7-13(18)10-12/h4,6-7,10,18,20H,5,8-9,11H2,1-3H3. The van der Waals surface area contributed by atoms with Crippen molar-refractivity contribution in [2.45, 2.75) is 44.8 Å². The van der Waals surface area contributed by atoms with Gasteiger partial charge in [0.25, 0.3) is 0 Å². The van der Waals surface area contributed by atoms with Gasteiger partial charge in [-0.25, -0.2) is 4.79 Å². The SMILES string of the molecule is CC(C)(C)OC(=O)N1CCCC(O)(c2cccc(O)c2)C1. The average molecular weight is 293 g/mol. The third-order valence-corrected chi connectivity index (χ3v) is 3.51. The molecule has 1 aromatic rings. The highest BCUT2D eigenvalue weighted by Crippen LogP contribution is 2.33. The third-order valence-electron chi connectivity index (χ3n) is 3.51. The minimum atomic E-state index is -1.14. The van der Waals surface area contributed by atoms with Crippen molar-refractivity contribution in [2.24, 2.45) is 0 Å². The van der Waals surface area contributed by atoms with Gasteiger partial charge in [-0.05, 0) is 51.3 Å². The van der Waals surface area contributed by atoms with Crippen molar-refractivity contribution in [3.63, 3.8) is 0 Å². The van der Waals surface area contributed by atoms with Crippen LogP contribution < -0.4 is 0 Å². The third kappa shape index (κ3) is 3.88. The molecular formula is C16H23NO4. The molecule has 1 unspecified atom stereocenters. The number of piperidine rings is 1. The number of nitrogens with zero attached hydrogens (tertiary/aromatic N) is 1. The molecule has 2 rings (SSSR count). The molecule has 5 heteroatoms. The molecule has 1 fully saturated rings. The van der Waals surface area contributed by atoms with Crippen LogP contribution in [-0.2, 0) is 10.3 Å². The fourth-order valence-electron chi connectivity index (χ4n) is 2.55. The minimum absolute atomic E-state index is 0.107. The van der Waals surface area contributed by atoms with E-state index in [4.69, 9.17) is 4.74 Å². The summed E-state index contributed by atoms with van der Waals surface area (Å²) in [5.41, 5.74) is -1.08. The molecule has 1 aliphatic heterocycles. The van der Waals surface area contributed by atoms with E-state index in [0.717, 1.165) is 0 Å². The number of amides is 1. The molecular weight excluding hydrogens is 270 g/mol. The van der Waals surface area contributed by atoms with Gasteiger partial charge in [-0.1, -0.05) is 12.1 Å². The second-order valence-corrected chi connectivity index (χ2v) is 6.59. The molecule has 1 amide bonds. The summed E-state index contributed by atoms with van der Waals surface area (Å²) in [6.45, 7) is 6.18. The first-order valence-corrected chi connectivity index (χ1v) is 7.19. The summed E-state index contributed by atoms with van der Waals surface area (Å²) < 4.78 is 5.36. The molecule has 1 aliphatic rings. The molecule has 21 heavy (non-hydrogen) atoms. The van der Waals surface area contributed by atoms with Crippen molar-refractivity contribution in [2.75, 3.05) is 13.1 Å². The summed E-state index contributed by atoms with van der Waals surface area (Å²) in [5.74, 6) is 0.107. The normalized spacial score (nSPS) is 23.0. The van der Waals surface area contributed by atoms with E-state index in [1.165, 1.54) is 4.90 Å².